The van der Waals surface area contributed by atoms with Crippen LogP contribution in [0.4, 0.5) is 13.2 Å². The maximum atomic E-state index is 12.9. The Kier molecular flexibility index (Phi) is 3.39. The minimum Gasteiger partial charge on any atom is -0.506 e. The van der Waals surface area contributed by atoms with E-state index in [2.05, 4.69) is 0 Å². The Balaban J connectivity index is 2.38. The van der Waals surface area contributed by atoms with Crippen LogP contribution in [0.3, 0.4) is 0 Å². The predicted octanol–water partition coefficient (Wildman–Crippen LogP) is 4.02. The second-order valence-corrected chi connectivity index (χ2v) is 5.22. The number of alkyl halides is 3. The topological polar surface area (TPSA) is 42.2 Å². The van der Waals surface area contributed by atoms with Crippen LogP contribution >= 0.6 is 0 Å². The van der Waals surface area contributed by atoms with Crippen molar-refractivity contribution in [1.29, 1.82) is 0 Å². The summed E-state index contributed by atoms with van der Waals surface area (Å²) in [5, 5.41) is 10.4. The number of rotatable bonds is 1. The fraction of sp³-hybridized carbons (Fsp3) is 0.118. The molecule has 3 nitrogen and oxygen atoms in total. The van der Waals surface area contributed by atoms with Gasteiger partial charge in [-0.3, -0.25) is 4.79 Å². The molecule has 0 aliphatic carbocycles. The van der Waals surface area contributed by atoms with E-state index in [0.29, 0.717) is 10.9 Å². The number of nitrogens with zero attached hydrogens (tertiary/aromatic N) is 1. The highest BCUT2D eigenvalue weighted by molar-refractivity contribution is 5.84. The van der Waals surface area contributed by atoms with Crippen LogP contribution in [0.25, 0.3) is 16.6 Å². The normalized spacial score (nSPS) is 11.8. The fourth-order valence-electron chi connectivity index (χ4n) is 2.58. The minimum atomic E-state index is -4.52. The van der Waals surface area contributed by atoms with Gasteiger partial charge >= 0.3 is 6.18 Å². The first-order valence-electron chi connectivity index (χ1n) is 6.80. The Hall–Kier alpha value is -2.76. The quantitative estimate of drug-likeness (QED) is 0.736. The molecule has 3 rings (SSSR count). The van der Waals surface area contributed by atoms with Gasteiger partial charge in [-0.1, -0.05) is 12.1 Å². The van der Waals surface area contributed by atoms with Gasteiger partial charge in [0.25, 0.3) is 0 Å². The first kappa shape index (κ1) is 15.1. The van der Waals surface area contributed by atoms with E-state index >= 15 is 0 Å². The Morgan fingerprint density at radius 3 is 2.52 bits per heavy atom. The number of hydrogen-bond acceptors (Lipinski definition) is 2. The molecule has 0 radical (unpaired) electrons. The summed E-state index contributed by atoms with van der Waals surface area (Å²) in [6.07, 6.45) is -3.15. The van der Waals surface area contributed by atoms with Crippen molar-refractivity contribution in [2.45, 2.75) is 13.1 Å². The molecule has 0 fully saturated rings. The number of fused-ring (bicyclic) bond motifs is 1. The Bertz CT molecular complexity index is 958. The van der Waals surface area contributed by atoms with Gasteiger partial charge in [0.1, 0.15) is 5.75 Å². The van der Waals surface area contributed by atoms with Crippen molar-refractivity contribution in [2.75, 3.05) is 0 Å². The van der Waals surface area contributed by atoms with Crippen LogP contribution in [0.1, 0.15) is 11.1 Å². The smallest absolute Gasteiger partial charge is 0.416 e. The molecule has 0 unspecified atom stereocenters. The zero-order chi connectivity index (χ0) is 16.8. The van der Waals surface area contributed by atoms with E-state index < -0.39 is 11.7 Å². The summed E-state index contributed by atoms with van der Waals surface area (Å²) >= 11 is 0. The molecule has 0 spiro atoms. The van der Waals surface area contributed by atoms with Gasteiger partial charge in [-0.15, -0.1) is 0 Å². The van der Waals surface area contributed by atoms with Crippen molar-refractivity contribution in [3.63, 3.8) is 0 Å². The molecule has 1 N–H and O–H groups in total. The third-order valence-electron chi connectivity index (χ3n) is 3.68. The van der Waals surface area contributed by atoms with Crippen LogP contribution < -0.4 is 5.43 Å². The largest absolute Gasteiger partial charge is 0.506 e. The van der Waals surface area contributed by atoms with Crippen molar-refractivity contribution >= 4 is 10.9 Å². The highest BCUT2D eigenvalue weighted by atomic mass is 19.4. The average Bonchev–Trinajstić information content (AvgIpc) is 2.48. The molecule has 0 aliphatic heterocycles. The average molecular weight is 319 g/mol. The number of pyridine rings is 1. The van der Waals surface area contributed by atoms with Crippen LogP contribution in [-0.2, 0) is 6.18 Å². The Morgan fingerprint density at radius 2 is 1.83 bits per heavy atom. The van der Waals surface area contributed by atoms with E-state index in [9.17, 15) is 23.1 Å². The van der Waals surface area contributed by atoms with Gasteiger partial charge < -0.3 is 9.67 Å². The van der Waals surface area contributed by atoms with Crippen molar-refractivity contribution in [3.05, 3.63) is 70.0 Å². The molecule has 0 saturated carbocycles. The van der Waals surface area contributed by atoms with Gasteiger partial charge in [0.15, 0.2) is 5.43 Å². The van der Waals surface area contributed by atoms with Crippen LogP contribution in [0.5, 0.6) is 5.75 Å². The van der Waals surface area contributed by atoms with Gasteiger partial charge in [0.05, 0.1) is 16.8 Å². The number of hydrogen-bond donors (Lipinski definition) is 1. The van der Waals surface area contributed by atoms with Gasteiger partial charge in [0.2, 0.25) is 0 Å². The summed E-state index contributed by atoms with van der Waals surface area (Å²) in [7, 11) is 0. The molecule has 118 valence electrons. The molecule has 6 heteroatoms. The Morgan fingerprint density at radius 1 is 1.09 bits per heavy atom. The van der Waals surface area contributed by atoms with Crippen molar-refractivity contribution in [1.82, 2.24) is 4.57 Å². The summed E-state index contributed by atoms with van der Waals surface area (Å²) in [5.41, 5.74) is 0.0583. The molecular formula is C17H12F3NO2. The zero-order valence-electron chi connectivity index (χ0n) is 12.1. The van der Waals surface area contributed by atoms with Crippen LogP contribution in [0.15, 0.2) is 53.5 Å². The molecule has 2 aromatic carbocycles. The van der Waals surface area contributed by atoms with E-state index in [-0.39, 0.29) is 16.9 Å². The molecule has 1 heterocycles. The van der Waals surface area contributed by atoms with E-state index in [0.717, 1.165) is 23.8 Å². The number of halogens is 3. The second kappa shape index (κ2) is 5.15. The number of para-hydroxylation sites is 1. The third kappa shape index (κ3) is 2.56. The fourth-order valence-corrected chi connectivity index (χ4v) is 2.58. The van der Waals surface area contributed by atoms with E-state index in [4.69, 9.17) is 0 Å². The lowest BCUT2D eigenvalue weighted by Crippen LogP contribution is -2.10. The van der Waals surface area contributed by atoms with E-state index in [1.807, 2.05) is 0 Å². The van der Waals surface area contributed by atoms with Crippen molar-refractivity contribution in [2.24, 2.45) is 0 Å². The van der Waals surface area contributed by atoms with Crippen molar-refractivity contribution < 1.29 is 18.3 Å². The monoisotopic (exact) mass is 319 g/mol. The summed E-state index contributed by atoms with van der Waals surface area (Å²) in [6.45, 7) is 1.75. The van der Waals surface area contributed by atoms with Crippen LogP contribution in [0.2, 0.25) is 0 Å². The number of phenols is 1. The molecule has 0 bridgehead atoms. The van der Waals surface area contributed by atoms with Gasteiger partial charge in [0, 0.05) is 17.6 Å². The number of aryl methyl sites for hydroxylation is 1. The lowest BCUT2D eigenvalue weighted by atomic mass is 10.1. The van der Waals surface area contributed by atoms with E-state index in [1.54, 1.807) is 25.1 Å². The highest BCUT2D eigenvalue weighted by Gasteiger charge is 2.31. The van der Waals surface area contributed by atoms with Crippen LogP contribution in [0, 0.1) is 6.92 Å². The number of aromatic hydroxyl groups is 1. The second-order valence-electron chi connectivity index (χ2n) is 5.22. The molecule has 23 heavy (non-hydrogen) atoms. The lowest BCUT2D eigenvalue weighted by molar-refractivity contribution is -0.137. The third-order valence-corrected chi connectivity index (χ3v) is 3.68. The molecule has 0 aliphatic rings. The molecule has 3 aromatic rings. The first-order valence-corrected chi connectivity index (χ1v) is 6.80. The summed E-state index contributed by atoms with van der Waals surface area (Å²) in [5.74, 6) is -0.300. The van der Waals surface area contributed by atoms with Gasteiger partial charge in [-0.05, 0) is 36.8 Å². The summed E-state index contributed by atoms with van der Waals surface area (Å²) < 4.78 is 40.2. The van der Waals surface area contributed by atoms with Gasteiger partial charge in [-0.25, -0.2) is 0 Å². The van der Waals surface area contributed by atoms with E-state index in [1.165, 1.54) is 16.8 Å². The highest BCUT2D eigenvalue weighted by Crippen LogP contribution is 2.34. The Labute approximate surface area is 129 Å². The van der Waals surface area contributed by atoms with Crippen molar-refractivity contribution in [3.8, 4) is 11.4 Å². The SMILES string of the molecule is Cc1cccc2c(=O)ccn(-c3cc(C(F)(F)F)ccc3O)c12. The standard InChI is InChI=1S/C17H12F3NO2/c1-10-3-2-4-12-14(22)7-8-21(16(10)12)13-9-11(17(18,19)20)5-6-15(13)23/h2-9,23H,1H3. The molecule has 0 amide bonds. The summed E-state index contributed by atoms with van der Waals surface area (Å²) in [4.78, 5) is 12.0. The first-order chi connectivity index (χ1) is 10.8. The number of phenolic OH excluding ortho intramolecular Hbond substituents is 1. The number of aromatic nitrogens is 1. The van der Waals surface area contributed by atoms with Gasteiger partial charge in [-0.2, -0.15) is 13.2 Å². The zero-order valence-corrected chi connectivity index (χ0v) is 12.1. The molecule has 1 aromatic heterocycles. The maximum absolute atomic E-state index is 12.9. The molecular weight excluding hydrogens is 307 g/mol. The van der Waals surface area contributed by atoms with Crippen LogP contribution in [-0.4, -0.2) is 9.67 Å². The lowest BCUT2D eigenvalue weighted by Gasteiger charge is -2.16. The molecule has 0 atom stereocenters. The number of benzene rings is 2. The predicted molar refractivity (Wildman–Crippen MR) is 80.9 cm³/mol. The maximum Gasteiger partial charge on any atom is 0.416 e. The minimum absolute atomic E-state index is 0.0286. The summed E-state index contributed by atoms with van der Waals surface area (Å²) in [6, 6.07) is 9.01. The molecule has 0 saturated heterocycles.